The highest BCUT2D eigenvalue weighted by Crippen LogP contribution is 2.25. The number of fused-ring (bicyclic) bond motifs is 1. The fourth-order valence-corrected chi connectivity index (χ4v) is 3.16. The number of hydrogen-bond acceptors (Lipinski definition) is 3. The van der Waals surface area contributed by atoms with Crippen molar-refractivity contribution in [2.75, 3.05) is 13.1 Å². The van der Waals surface area contributed by atoms with Gasteiger partial charge in [-0.05, 0) is 62.3 Å². The van der Waals surface area contributed by atoms with Crippen LogP contribution in [0.4, 0.5) is 0 Å². The number of hydroxylamine groups is 2. The van der Waals surface area contributed by atoms with Crippen molar-refractivity contribution in [2.24, 2.45) is 11.3 Å². The Morgan fingerprint density at radius 1 is 1.08 bits per heavy atom. The smallest absolute Gasteiger partial charge is 0.330 e. The summed E-state index contributed by atoms with van der Waals surface area (Å²) >= 11 is 0. The molecule has 24 heavy (non-hydrogen) atoms. The number of hydrogen-bond donors (Lipinski definition) is 0. The quantitative estimate of drug-likeness (QED) is 0.826. The van der Waals surface area contributed by atoms with Gasteiger partial charge in [-0.3, -0.25) is 0 Å². The van der Waals surface area contributed by atoms with Crippen molar-refractivity contribution in [3.05, 3.63) is 48.0 Å². The second-order valence-corrected chi connectivity index (χ2v) is 7.89. The molecule has 0 aliphatic carbocycles. The van der Waals surface area contributed by atoms with E-state index in [1.54, 1.807) is 0 Å². The molecule has 0 bridgehead atoms. The number of rotatable bonds is 3. The molecule has 1 fully saturated rings. The molecule has 0 saturated carbocycles. The van der Waals surface area contributed by atoms with Crippen molar-refractivity contribution in [3.63, 3.8) is 0 Å². The van der Waals surface area contributed by atoms with Gasteiger partial charge in [0.15, 0.2) is 0 Å². The molecule has 1 aliphatic rings. The molecule has 0 atom stereocenters. The first-order valence-corrected chi connectivity index (χ1v) is 8.87. The number of carbonyl (C=O) groups excluding carboxylic acids is 1. The monoisotopic (exact) mass is 325 g/mol. The van der Waals surface area contributed by atoms with Gasteiger partial charge in [0.05, 0.1) is 5.41 Å². The van der Waals surface area contributed by atoms with Crippen molar-refractivity contribution < 1.29 is 9.63 Å². The van der Waals surface area contributed by atoms with Gasteiger partial charge in [-0.15, -0.1) is 5.06 Å². The molecule has 128 valence electrons. The van der Waals surface area contributed by atoms with Gasteiger partial charge in [-0.2, -0.15) is 0 Å². The second kappa shape index (κ2) is 6.94. The van der Waals surface area contributed by atoms with Crippen molar-refractivity contribution in [1.82, 2.24) is 5.06 Å². The van der Waals surface area contributed by atoms with Crippen LogP contribution in [-0.2, 0) is 16.1 Å². The van der Waals surface area contributed by atoms with E-state index in [4.69, 9.17) is 4.84 Å². The summed E-state index contributed by atoms with van der Waals surface area (Å²) in [6.07, 6.45) is 3.25. The van der Waals surface area contributed by atoms with Crippen molar-refractivity contribution in [1.29, 1.82) is 0 Å². The highest BCUT2D eigenvalue weighted by atomic mass is 16.7. The zero-order valence-electron chi connectivity index (χ0n) is 14.9. The standard InChI is InChI=1S/C21H27NO2/c1-21(2,3)20(23)24-22-12-10-16(11-13-22)14-17-8-9-18-6-4-5-7-19(18)15-17/h4-9,15-16H,10-14H2,1-3H3. The first-order chi connectivity index (χ1) is 11.4. The number of carbonyl (C=O) groups is 1. The van der Waals surface area contributed by atoms with Crippen LogP contribution in [0.3, 0.4) is 0 Å². The Balaban J connectivity index is 1.54. The van der Waals surface area contributed by atoms with Crippen molar-refractivity contribution in [3.8, 4) is 0 Å². The van der Waals surface area contributed by atoms with Gasteiger partial charge >= 0.3 is 5.97 Å². The minimum atomic E-state index is -0.443. The number of piperidine rings is 1. The van der Waals surface area contributed by atoms with Crippen molar-refractivity contribution >= 4 is 16.7 Å². The van der Waals surface area contributed by atoms with Crippen LogP contribution in [0.15, 0.2) is 42.5 Å². The lowest BCUT2D eigenvalue weighted by Crippen LogP contribution is -2.39. The summed E-state index contributed by atoms with van der Waals surface area (Å²) < 4.78 is 0. The third kappa shape index (κ3) is 4.15. The van der Waals surface area contributed by atoms with Crippen LogP contribution >= 0.6 is 0 Å². The maximum atomic E-state index is 12.0. The van der Waals surface area contributed by atoms with Crippen LogP contribution in [0.25, 0.3) is 10.8 Å². The first-order valence-electron chi connectivity index (χ1n) is 8.87. The van der Waals surface area contributed by atoms with E-state index < -0.39 is 5.41 Å². The fourth-order valence-electron chi connectivity index (χ4n) is 3.16. The van der Waals surface area contributed by atoms with E-state index in [9.17, 15) is 4.79 Å². The Kier molecular flexibility index (Phi) is 4.91. The van der Waals surface area contributed by atoms with E-state index in [1.165, 1.54) is 16.3 Å². The van der Waals surface area contributed by atoms with E-state index in [-0.39, 0.29) is 5.97 Å². The average Bonchev–Trinajstić information content (AvgIpc) is 2.55. The average molecular weight is 325 g/mol. The van der Waals surface area contributed by atoms with Crippen LogP contribution in [0.5, 0.6) is 0 Å². The molecule has 0 N–H and O–H groups in total. The maximum absolute atomic E-state index is 12.0. The highest BCUT2D eigenvalue weighted by Gasteiger charge is 2.28. The molecule has 2 aromatic rings. The van der Waals surface area contributed by atoms with Gasteiger partial charge in [-0.1, -0.05) is 42.5 Å². The summed E-state index contributed by atoms with van der Waals surface area (Å²) in [5.74, 6) is 0.520. The summed E-state index contributed by atoms with van der Waals surface area (Å²) in [5.41, 5.74) is 0.959. The lowest BCUT2D eigenvalue weighted by Gasteiger charge is -2.32. The highest BCUT2D eigenvalue weighted by molar-refractivity contribution is 5.83. The van der Waals surface area contributed by atoms with Crippen LogP contribution < -0.4 is 0 Å². The summed E-state index contributed by atoms with van der Waals surface area (Å²) in [5, 5.41) is 4.45. The Morgan fingerprint density at radius 2 is 1.75 bits per heavy atom. The number of nitrogens with zero attached hydrogens (tertiary/aromatic N) is 1. The van der Waals surface area contributed by atoms with Gasteiger partial charge in [0.2, 0.25) is 0 Å². The molecule has 0 spiro atoms. The van der Waals surface area contributed by atoms with E-state index in [2.05, 4.69) is 42.5 Å². The molecular weight excluding hydrogens is 298 g/mol. The molecule has 2 aromatic carbocycles. The summed E-state index contributed by atoms with van der Waals surface area (Å²) in [6.45, 7) is 7.34. The SMILES string of the molecule is CC(C)(C)C(=O)ON1CCC(Cc2ccc3ccccc3c2)CC1. The van der Waals surface area contributed by atoms with Crippen LogP contribution in [0.2, 0.25) is 0 Å². The van der Waals surface area contributed by atoms with Crippen LogP contribution in [0.1, 0.15) is 39.2 Å². The van der Waals surface area contributed by atoms with Gasteiger partial charge < -0.3 is 4.84 Å². The second-order valence-electron chi connectivity index (χ2n) is 7.89. The third-order valence-corrected chi connectivity index (χ3v) is 4.74. The van der Waals surface area contributed by atoms with E-state index >= 15 is 0 Å². The van der Waals surface area contributed by atoms with Crippen LogP contribution in [0, 0.1) is 11.3 Å². The summed E-state index contributed by atoms with van der Waals surface area (Å²) in [6, 6.07) is 15.3. The van der Waals surface area contributed by atoms with Crippen LogP contribution in [-0.4, -0.2) is 24.1 Å². The largest absolute Gasteiger partial charge is 0.367 e. The minimum Gasteiger partial charge on any atom is -0.367 e. The molecule has 3 heteroatoms. The topological polar surface area (TPSA) is 29.5 Å². The number of benzene rings is 2. The maximum Gasteiger partial charge on any atom is 0.330 e. The van der Waals surface area contributed by atoms with Gasteiger partial charge in [0.25, 0.3) is 0 Å². The third-order valence-electron chi connectivity index (χ3n) is 4.74. The van der Waals surface area contributed by atoms with Gasteiger partial charge in [-0.25, -0.2) is 4.79 Å². The fraction of sp³-hybridized carbons (Fsp3) is 0.476. The minimum absolute atomic E-state index is 0.143. The van der Waals surface area contributed by atoms with E-state index in [1.807, 2.05) is 25.8 Å². The summed E-state index contributed by atoms with van der Waals surface area (Å²) in [7, 11) is 0. The molecule has 0 unspecified atom stereocenters. The Bertz CT molecular complexity index is 709. The summed E-state index contributed by atoms with van der Waals surface area (Å²) in [4.78, 5) is 17.5. The molecule has 1 saturated heterocycles. The molecule has 1 aliphatic heterocycles. The lowest BCUT2D eigenvalue weighted by atomic mass is 9.90. The molecule has 1 heterocycles. The van der Waals surface area contributed by atoms with Gasteiger partial charge in [0, 0.05) is 13.1 Å². The predicted molar refractivity (Wildman–Crippen MR) is 97.5 cm³/mol. The lowest BCUT2D eigenvalue weighted by molar-refractivity contribution is -0.206. The van der Waals surface area contributed by atoms with E-state index in [0.29, 0.717) is 5.92 Å². The van der Waals surface area contributed by atoms with E-state index in [0.717, 1.165) is 32.4 Å². The van der Waals surface area contributed by atoms with Crippen molar-refractivity contribution in [2.45, 2.75) is 40.0 Å². The Morgan fingerprint density at radius 3 is 2.42 bits per heavy atom. The van der Waals surface area contributed by atoms with Gasteiger partial charge in [0.1, 0.15) is 0 Å². The first kappa shape index (κ1) is 17.0. The molecular formula is C21H27NO2. The normalized spacial score (nSPS) is 17.1. The molecule has 0 radical (unpaired) electrons. The molecule has 3 nitrogen and oxygen atoms in total. The predicted octanol–water partition coefficient (Wildman–Crippen LogP) is 4.60. The molecule has 0 aromatic heterocycles. The zero-order chi connectivity index (χ0) is 17.2. The molecule has 3 rings (SSSR count). The Labute approximate surface area is 144 Å². The Hall–Kier alpha value is -1.87. The molecule has 0 amide bonds. The zero-order valence-corrected chi connectivity index (χ0v) is 14.9.